The first-order valence-electron chi connectivity index (χ1n) is 8.31. The Bertz CT molecular complexity index is 373. The summed E-state index contributed by atoms with van der Waals surface area (Å²) in [5.41, 5.74) is 0. The molecule has 2 rings (SSSR count). The summed E-state index contributed by atoms with van der Waals surface area (Å²) in [6.45, 7) is 3.03. The van der Waals surface area contributed by atoms with Crippen LogP contribution < -0.4 is 10.6 Å². The number of rotatable bonds is 5. The Hall–Kier alpha value is -1.26. The number of carbonyl (C=O) groups is 2. The highest BCUT2D eigenvalue weighted by atomic mass is 16.4. The zero-order valence-corrected chi connectivity index (χ0v) is 12.9. The van der Waals surface area contributed by atoms with E-state index in [1.54, 1.807) is 0 Å². The van der Waals surface area contributed by atoms with Gasteiger partial charge in [-0.15, -0.1) is 0 Å². The number of urea groups is 1. The summed E-state index contributed by atoms with van der Waals surface area (Å²) in [5, 5.41) is 14.8. The van der Waals surface area contributed by atoms with Crippen molar-refractivity contribution in [3.63, 3.8) is 0 Å². The number of hydrogen-bond acceptors (Lipinski definition) is 2. The zero-order valence-electron chi connectivity index (χ0n) is 12.9. The molecule has 0 aromatic heterocycles. The Morgan fingerprint density at radius 2 is 1.95 bits per heavy atom. The van der Waals surface area contributed by atoms with E-state index in [2.05, 4.69) is 17.6 Å². The summed E-state index contributed by atoms with van der Waals surface area (Å²) in [6, 6.07) is -0.129. The first-order chi connectivity index (χ1) is 10.0. The molecule has 3 N–H and O–H groups in total. The number of carboxylic acids is 1. The van der Waals surface area contributed by atoms with E-state index < -0.39 is 5.97 Å². The Morgan fingerprint density at radius 3 is 2.62 bits per heavy atom. The fourth-order valence-corrected chi connectivity index (χ4v) is 3.79. The van der Waals surface area contributed by atoms with E-state index in [0.717, 1.165) is 31.2 Å². The molecule has 2 aliphatic rings. The lowest BCUT2D eigenvalue weighted by molar-refractivity contribution is -0.141. The molecule has 0 spiro atoms. The third-order valence-corrected chi connectivity index (χ3v) is 5.00. The van der Waals surface area contributed by atoms with E-state index in [-0.39, 0.29) is 18.0 Å². The molecule has 0 heterocycles. The van der Waals surface area contributed by atoms with Crippen LogP contribution >= 0.6 is 0 Å². The van der Waals surface area contributed by atoms with Crippen molar-refractivity contribution >= 4 is 12.0 Å². The molecule has 4 atom stereocenters. The van der Waals surface area contributed by atoms with Gasteiger partial charge in [-0.05, 0) is 43.9 Å². The highest BCUT2D eigenvalue weighted by molar-refractivity contribution is 5.75. The molecule has 2 unspecified atom stereocenters. The van der Waals surface area contributed by atoms with Crippen LogP contribution in [-0.4, -0.2) is 29.7 Å². The van der Waals surface area contributed by atoms with Gasteiger partial charge in [-0.3, -0.25) is 4.79 Å². The Labute approximate surface area is 126 Å². The van der Waals surface area contributed by atoms with Gasteiger partial charge in [0.1, 0.15) is 0 Å². The molecule has 0 saturated heterocycles. The van der Waals surface area contributed by atoms with Gasteiger partial charge in [0.2, 0.25) is 0 Å². The van der Waals surface area contributed by atoms with Gasteiger partial charge in [-0.25, -0.2) is 4.79 Å². The van der Waals surface area contributed by atoms with Gasteiger partial charge in [-0.2, -0.15) is 0 Å². The van der Waals surface area contributed by atoms with Gasteiger partial charge in [0.15, 0.2) is 0 Å². The predicted molar refractivity (Wildman–Crippen MR) is 81.0 cm³/mol. The summed E-state index contributed by atoms with van der Waals surface area (Å²) in [5.74, 6) is 0.533. The second-order valence-electron chi connectivity index (χ2n) is 6.87. The van der Waals surface area contributed by atoms with Gasteiger partial charge < -0.3 is 15.7 Å². The van der Waals surface area contributed by atoms with Gasteiger partial charge in [0.05, 0.1) is 5.92 Å². The highest BCUT2D eigenvalue weighted by Crippen LogP contribution is 2.30. The van der Waals surface area contributed by atoms with Gasteiger partial charge in [0, 0.05) is 12.6 Å². The van der Waals surface area contributed by atoms with Crippen molar-refractivity contribution in [3.8, 4) is 0 Å². The molecule has 120 valence electrons. The van der Waals surface area contributed by atoms with Gasteiger partial charge in [0.25, 0.3) is 0 Å². The number of hydrogen-bond donors (Lipinski definition) is 3. The molecule has 0 radical (unpaired) electrons. The Balaban J connectivity index is 1.59. The molecule has 21 heavy (non-hydrogen) atoms. The summed E-state index contributed by atoms with van der Waals surface area (Å²) in [4.78, 5) is 22.7. The summed E-state index contributed by atoms with van der Waals surface area (Å²) in [7, 11) is 0. The monoisotopic (exact) mass is 296 g/mol. The van der Waals surface area contributed by atoms with Crippen LogP contribution in [0.5, 0.6) is 0 Å². The number of carbonyl (C=O) groups excluding carboxylic acids is 1. The van der Waals surface area contributed by atoms with Crippen molar-refractivity contribution in [1.82, 2.24) is 10.6 Å². The van der Waals surface area contributed by atoms with Crippen molar-refractivity contribution in [1.29, 1.82) is 0 Å². The first-order valence-corrected chi connectivity index (χ1v) is 8.31. The minimum absolute atomic E-state index is 0.0146. The highest BCUT2D eigenvalue weighted by Gasteiger charge is 2.30. The maximum Gasteiger partial charge on any atom is 0.315 e. The van der Waals surface area contributed by atoms with Crippen LogP contribution in [-0.2, 0) is 4.79 Å². The van der Waals surface area contributed by atoms with E-state index in [0.29, 0.717) is 12.8 Å². The molecule has 0 aliphatic heterocycles. The van der Waals surface area contributed by atoms with Crippen LogP contribution in [0.25, 0.3) is 0 Å². The van der Waals surface area contributed by atoms with Crippen LogP contribution in [0.15, 0.2) is 0 Å². The molecule has 0 bridgehead atoms. The van der Waals surface area contributed by atoms with Gasteiger partial charge >= 0.3 is 12.0 Å². The lowest BCUT2D eigenvalue weighted by Gasteiger charge is -2.26. The van der Waals surface area contributed by atoms with Crippen LogP contribution in [0.4, 0.5) is 4.79 Å². The second-order valence-corrected chi connectivity index (χ2v) is 6.87. The Kier molecular flexibility index (Phi) is 5.88. The van der Waals surface area contributed by atoms with E-state index in [1.165, 1.54) is 25.7 Å². The second kappa shape index (κ2) is 7.66. The average Bonchev–Trinajstić information content (AvgIpc) is 2.87. The minimum Gasteiger partial charge on any atom is -0.481 e. The van der Waals surface area contributed by atoms with Gasteiger partial charge in [-0.1, -0.05) is 26.2 Å². The van der Waals surface area contributed by atoms with E-state index in [1.807, 2.05) is 0 Å². The van der Waals surface area contributed by atoms with Crippen LogP contribution in [0.3, 0.4) is 0 Å². The molecule has 2 amide bonds. The van der Waals surface area contributed by atoms with Crippen molar-refractivity contribution in [2.45, 2.75) is 64.3 Å². The molecule has 0 aromatic carbocycles. The third-order valence-electron chi connectivity index (χ3n) is 5.00. The number of nitrogens with one attached hydrogen (secondary N) is 2. The van der Waals surface area contributed by atoms with E-state index in [9.17, 15) is 9.59 Å². The van der Waals surface area contributed by atoms with Crippen molar-refractivity contribution in [2.24, 2.45) is 17.8 Å². The summed E-state index contributed by atoms with van der Waals surface area (Å²) >= 11 is 0. The van der Waals surface area contributed by atoms with Crippen molar-refractivity contribution in [2.75, 3.05) is 6.54 Å². The quantitative estimate of drug-likeness (QED) is 0.730. The largest absolute Gasteiger partial charge is 0.481 e. The molecular formula is C16H28N2O3. The molecule has 0 aromatic rings. The van der Waals surface area contributed by atoms with Crippen LogP contribution in [0.2, 0.25) is 0 Å². The summed E-state index contributed by atoms with van der Waals surface area (Å²) in [6.07, 6.45) is 8.28. The van der Waals surface area contributed by atoms with Crippen LogP contribution in [0, 0.1) is 17.8 Å². The molecule has 5 heteroatoms. The topological polar surface area (TPSA) is 78.4 Å². The Morgan fingerprint density at radius 1 is 1.14 bits per heavy atom. The maximum atomic E-state index is 11.8. The lowest BCUT2D eigenvalue weighted by Crippen LogP contribution is -2.42. The smallest absolute Gasteiger partial charge is 0.315 e. The number of amides is 2. The lowest BCUT2D eigenvalue weighted by atomic mass is 9.81. The molecule has 2 aliphatic carbocycles. The fourth-order valence-electron chi connectivity index (χ4n) is 3.79. The van der Waals surface area contributed by atoms with E-state index in [4.69, 9.17) is 5.11 Å². The fraction of sp³-hybridized carbons (Fsp3) is 0.875. The van der Waals surface area contributed by atoms with Crippen LogP contribution in [0.1, 0.15) is 58.3 Å². The normalized spacial score (nSPS) is 32.6. The molecule has 5 nitrogen and oxygen atoms in total. The SMILES string of the molecule is CC1CCCC(CCNC(=O)N[C@H]2CC[C@@H](C(=O)O)C2)C1. The maximum absolute atomic E-state index is 11.8. The molecular weight excluding hydrogens is 268 g/mol. The first kappa shape index (κ1) is 16.1. The van der Waals surface area contributed by atoms with Crippen molar-refractivity contribution in [3.05, 3.63) is 0 Å². The van der Waals surface area contributed by atoms with Crippen molar-refractivity contribution < 1.29 is 14.7 Å². The average molecular weight is 296 g/mol. The standard InChI is InChI=1S/C16H28N2O3/c1-11-3-2-4-12(9-11)7-8-17-16(21)18-14-6-5-13(10-14)15(19)20/h11-14H,2-10H2,1H3,(H,19,20)(H2,17,18,21)/t11?,12?,13-,14+/m1/s1. The van der Waals surface area contributed by atoms with E-state index >= 15 is 0 Å². The molecule has 2 fully saturated rings. The zero-order chi connectivity index (χ0) is 15.2. The number of carboxylic acid groups (broad SMARTS) is 1. The number of aliphatic carboxylic acids is 1. The summed E-state index contributed by atoms with van der Waals surface area (Å²) < 4.78 is 0. The predicted octanol–water partition coefficient (Wildman–Crippen LogP) is 2.76. The molecule has 2 saturated carbocycles. The minimum atomic E-state index is -0.744. The third kappa shape index (κ3) is 5.21.